The van der Waals surface area contributed by atoms with E-state index in [4.69, 9.17) is 9.47 Å². The largest absolute Gasteiger partial charge is 0.493 e. The van der Waals surface area contributed by atoms with Crippen LogP contribution in [0.15, 0.2) is 54.9 Å². The fourth-order valence-corrected chi connectivity index (χ4v) is 2.58. The molecule has 1 aromatic heterocycles. The van der Waals surface area contributed by atoms with E-state index < -0.39 is 5.82 Å². The summed E-state index contributed by atoms with van der Waals surface area (Å²) in [6.07, 6.45) is 3.27. The molecule has 0 aliphatic rings. The summed E-state index contributed by atoms with van der Waals surface area (Å²) in [6, 6.07) is 11.3. The van der Waals surface area contributed by atoms with Crippen molar-refractivity contribution in [2.75, 3.05) is 14.2 Å². The predicted octanol–water partition coefficient (Wildman–Crippen LogP) is 4.07. The van der Waals surface area contributed by atoms with Gasteiger partial charge in [0.1, 0.15) is 5.82 Å². The fraction of sp³-hybridized carbons (Fsp3) is 0.105. The van der Waals surface area contributed by atoms with Gasteiger partial charge in [0.2, 0.25) is 0 Å². The number of ether oxygens (including phenoxy) is 2. The van der Waals surface area contributed by atoms with Crippen LogP contribution in [0.1, 0.15) is 15.9 Å². The molecule has 0 radical (unpaired) electrons. The molecule has 0 amide bonds. The van der Waals surface area contributed by atoms with Gasteiger partial charge in [-0.1, -0.05) is 18.2 Å². The minimum atomic E-state index is -0.540. The van der Waals surface area contributed by atoms with Gasteiger partial charge in [0.05, 0.1) is 19.8 Å². The van der Waals surface area contributed by atoms with Gasteiger partial charge in [-0.05, 0) is 29.8 Å². The number of methoxy groups -OCH3 is 2. The maximum absolute atomic E-state index is 13.9. The van der Waals surface area contributed by atoms with Gasteiger partial charge in [-0.15, -0.1) is 0 Å². The topological polar surface area (TPSA) is 51.3 Å². The van der Waals surface area contributed by atoms with Crippen LogP contribution in [-0.2, 0) is 0 Å². The molecule has 2 aromatic carbocycles. The smallest absolute Gasteiger partial charge is 0.198 e. The molecule has 0 aliphatic heterocycles. The molecular weight excluding hydrogens is 309 g/mol. The number of hydrogen-bond donors (Lipinski definition) is 1. The van der Waals surface area contributed by atoms with Crippen LogP contribution in [0.25, 0.3) is 11.1 Å². The molecular formula is C19H16FNO3. The number of aromatic amines is 1. The summed E-state index contributed by atoms with van der Waals surface area (Å²) in [5.41, 5.74) is 1.88. The molecule has 3 rings (SSSR count). The third-order valence-electron chi connectivity index (χ3n) is 3.80. The van der Waals surface area contributed by atoms with Crippen molar-refractivity contribution in [2.24, 2.45) is 0 Å². The van der Waals surface area contributed by atoms with E-state index in [1.54, 1.807) is 50.9 Å². The Morgan fingerprint density at radius 1 is 0.958 bits per heavy atom. The van der Waals surface area contributed by atoms with Crippen LogP contribution in [0, 0.1) is 5.82 Å². The van der Waals surface area contributed by atoms with Crippen molar-refractivity contribution in [1.29, 1.82) is 0 Å². The van der Waals surface area contributed by atoms with E-state index in [1.807, 2.05) is 6.07 Å². The Bertz CT molecular complexity index is 886. The SMILES string of the molecule is COc1ccc(-c2c[nH]cc2C(=O)c2ccccc2F)cc1OC. The van der Waals surface area contributed by atoms with E-state index in [-0.39, 0.29) is 11.3 Å². The third kappa shape index (κ3) is 2.76. The van der Waals surface area contributed by atoms with E-state index in [1.165, 1.54) is 12.1 Å². The number of nitrogens with one attached hydrogen (secondary N) is 1. The summed E-state index contributed by atoms with van der Waals surface area (Å²) >= 11 is 0. The molecule has 122 valence electrons. The highest BCUT2D eigenvalue weighted by Crippen LogP contribution is 2.34. The number of carbonyl (C=O) groups excluding carboxylic acids is 1. The van der Waals surface area contributed by atoms with Crippen LogP contribution in [0.2, 0.25) is 0 Å². The van der Waals surface area contributed by atoms with Crippen molar-refractivity contribution >= 4 is 5.78 Å². The summed E-state index contributed by atoms with van der Waals surface area (Å²) in [5, 5.41) is 0. The first kappa shape index (κ1) is 15.8. The Balaban J connectivity index is 2.05. The van der Waals surface area contributed by atoms with E-state index >= 15 is 0 Å². The lowest BCUT2D eigenvalue weighted by molar-refractivity contribution is 0.103. The Morgan fingerprint density at radius 2 is 1.71 bits per heavy atom. The Hall–Kier alpha value is -3.08. The molecule has 0 spiro atoms. The minimum absolute atomic E-state index is 0.0406. The van der Waals surface area contributed by atoms with Crippen LogP contribution in [0.4, 0.5) is 4.39 Å². The molecule has 5 heteroatoms. The zero-order chi connectivity index (χ0) is 17.1. The van der Waals surface area contributed by atoms with Gasteiger partial charge in [0.15, 0.2) is 17.3 Å². The maximum atomic E-state index is 13.9. The molecule has 24 heavy (non-hydrogen) atoms. The van der Waals surface area contributed by atoms with Crippen molar-refractivity contribution in [2.45, 2.75) is 0 Å². The first-order valence-corrected chi connectivity index (χ1v) is 7.34. The molecule has 0 atom stereocenters. The van der Waals surface area contributed by atoms with Crippen molar-refractivity contribution in [3.8, 4) is 22.6 Å². The predicted molar refractivity (Wildman–Crippen MR) is 89.2 cm³/mol. The van der Waals surface area contributed by atoms with Crippen molar-refractivity contribution in [3.05, 3.63) is 71.8 Å². The molecule has 0 aliphatic carbocycles. The van der Waals surface area contributed by atoms with Crippen LogP contribution < -0.4 is 9.47 Å². The van der Waals surface area contributed by atoms with Crippen LogP contribution >= 0.6 is 0 Å². The van der Waals surface area contributed by atoms with E-state index in [0.717, 1.165) is 5.56 Å². The summed E-state index contributed by atoms with van der Waals surface area (Å²) in [7, 11) is 3.10. The molecule has 0 saturated heterocycles. The molecule has 4 nitrogen and oxygen atoms in total. The van der Waals surface area contributed by atoms with Gasteiger partial charge in [-0.2, -0.15) is 0 Å². The van der Waals surface area contributed by atoms with Crippen LogP contribution in [0.3, 0.4) is 0 Å². The van der Waals surface area contributed by atoms with Crippen LogP contribution in [-0.4, -0.2) is 25.0 Å². The highest BCUT2D eigenvalue weighted by Gasteiger charge is 2.19. The quantitative estimate of drug-likeness (QED) is 0.720. The minimum Gasteiger partial charge on any atom is -0.493 e. The number of H-pyrrole nitrogens is 1. The molecule has 0 unspecified atom stereocenters. The monoisotopic (exact) mass is 325 g/mol. The number of hydrogen-bond acceptors (Lipinski definition) is 3. The van der Waals surface area contributed by atoms with Gasteiger partial charge in [0.25, 0.3) is 0 Å². The number of aromatic nitrogens is 1. The number of benzene rings is 2. The average molecular weight is 325 g/mol. The first-order chi connectivity index (χ1) is 11.7. The van der Waals surface area contributed by atoms with Gasteiger partial charge in [0, 0.05) is 23.5 Å². The molecule has 0 bridgehead atoms. The first-order valence-electron chi connectivity index (χ1n) is 7.34. The zero-order valence-corrected chi connectivity index (χ0v) is 13.3. The number of halogens is 1. The molecule has 1 N–H and O–H groups in total. The van der Waals surface area contributed by atoms with Gasteiger partial charge in [-0.3, -0.25) is 4.79 Å². The second kappa shape index (κ2) is 6.58. The Labute approximate surface area is 138 Å². The standard InChI is InChI=1S/C19H16FNO3/c1-23-17-8-7-12(9-18(17)24-2)14-10-21-11-15(14)19(22)13-5-3-4-6-16(13)20/h3-11,21H,1-2H3. The Morgan fingerprint density at radius 3 is 2.42 bits per heavy atom. The summed E-state index contributed by atoms with van der Waals surface area (Å²) in [4.78, 5) is 15.6. The van der Waals surface area contributed by atoms with Gasteiger partial charge in [-0.25, -0.2) is 4.39 Å². The third-order valence-corrected chi connectivity index (χ3v) is 3.80. The number of rotatable bonds is 5. The zero-order valence-electron chi connectivity index (χ0n) is 13.3. The highest BCUT2D eigenvalue weighted by molar-refractivity contribution is 6.13. The van der Waals surface area contributed by atoms with E-state index in [9.17, 15) is 9.18 Å². The lowest BCUT2D eigenvalue weighted by Gasteiger charge is -2.10. The Kier molecular flexibility index (Phi) is 4.33. The molecule has 0 saturated carbocycles. The second-order valence-corrected chi connectivity index (χ2v) is 5.16. The van der Waals surface area contributed by atoms with Crippen molar-refractivity contribution < 1.29 is 18.7 Å². The normalized spacial score (nSPS) is 10.5. The fourth-order valence-electron chi connectivity index (χ4n) is 2.58. The van der Waals surface area contributed by atoms with E-state index in [2.05, 4.69) is 4.98 Å². The van der Waals surface area contributed by atoms with Crippen LogP contribution in [0.5, 0.6) is 11.5 Å². The lowest BCUT2D eigenvalue weighted by atomic mass is 9.97. The maximum Gasteiger partial charge on any atom is 0.198 e. The van der Waals surface area contributed by atoms with Gasteiger partial charge < -0.3 is 14.5 Å². The number of carbonyl (C=O) groups is 1. The number of ketones is 1. The molecule has 3 aromatic rings. The molecule has 0 fully saturated rings. The van der Waals surface area contributed by atoms with Crippen molar-refractivity contribution in [1.82, 2.24) is 4.98 Å². The highest BCUT2D eigenvalue weighted by atomic mass is 19.1. The van der Waals surface area contributed by atoms with Crippen molar-refractivity contribution in [3.63, 3.8) is 0 Å². The average Bonchev–Trinajstić information content (AvgIpc) is 3.10. The summed E-state index contributed by atoms with van der Waals surface area (Å²) < 4.78 is 24.4. The van der Waals surface area contributed by atoms with E-state index in [0.29, 0.717) is 22.6 Å². The van der Waals surface area contributed by atoms with Gasteiger partial charge >= 0.3 is 0 Å². The molecule has 1 heterocycles. The summed E-state index contributed by atoms with van der Waals surface area (Å²) in [6.45, 7) is 0. The second-order valence-electron chi connectivity index (χ2n) is 5.16. The lowest BCUT2D eigenvalue weighted by Crippen LogP contribution is -2.04. The summed E-state index contributed by atoms with van der Waals surface area (Å²) in [5.74, 6) is 0.236.